The number of benzene rings is 3. The number of carbonyl (C=O) groups is 4. The van der Waals surface area contributed by atoms with E-state index in [-0.39, 0.29) is 67.0 Å². The molecule has 57 heavy (non-hydrogen) atoms. The number of ether oxygens (including phenoxy) is 5. The molecule has 2 saturated heterocycles. The molecule has 0 aromatic heterocycles. The van der Waals surface area contributed by atoms with Crippen molar-refractivity contribution in [2.75, 3.05) is 69.2 Å². The summed E-state index contributed by atoms with van der Waals surface area (Å²) >= 11 is 0. The van der Waals surface area contributed by atoms with E-state index in [1.807, 2.05) is 24.3 Å². The molecule has 296 valence electrons. The lowest BCUT2D eigenvalue weighted by atomic mass is 10.0. The summed E-state index contributed by atoms with van der Waals surface area (Å²) < 4.78 is 29.3. The van der Waals surface area contributed by atoms with Crippen LogP contribution in [-0.4, -0.2) is 106 Å². The predicted octanol–water partition coefficient (Wildman–Crippen LogP) is 5.16. The van der Waals surface area contributed by atoms with Crippen LogP contribution in [0.3, 0.4) is 0 Å². The van der Waals surface area contributed by atoms with Gasteiger partial charge in [-0.25, -0.2) is 4.79 Å². The number of hydrogen-bond acceptors (Lipinski definition) is 11. The van der Waals surface area contributed by atoms with Gasteiger partial charge in [0, 0.05) is 50.9 Å². The van der Waals surface area contributed by atoms with E-state index >= 15 is 0 Å². The molecule has 0 bridgehead atoms. The Labute approximate surface area is 330 Å². The summed E-state index contributed by atoms with van der Waals surface area (Å²) in [6.45, 7) is 9.34. The van der Waals surface area contributed by atoms with E-state index < -0.39 is 18.2 Å². The van der Waals surface area contributed by atoms with Gasteiger partial charge in [-0.2, -0.15) is 5.26 Å². The van der Waals surface area contributed by atoms with Crippen molar-refractivity contribution in [3.8, 4) is 29.1 Å². The molecule has 3 atom stereocenters. The second-order valence-corrected chi connectivity index (χ2v) is 14.3. The summed E-state index contributed by atoms with van der Waals surface area (Å²) in [7, 11) is 4.73. The molecule has 1 N–H and O–H groups in total. The minimum atomic E-state index is -1.08. The van der Waals surface area contributed by atoms with Crippen molar-refractivity contribution < 1.29 is 42.9 Å². The van der Waals surface area contributed by atoms with E-state index in [1.165, 1.54) is 36.2 Å². The first-order valence-corrected chi connectivity index (χ1v) is 18.6. The minimum Gasteiger partial charge on any atom is -0.493 e. The molecule has 3 aromatic rings. The molecule has 3 aromatic carbocycles. The minimum absolute atomic E-state index is 0.0606. The zero-order chi connectivity index (χ0) is 40.4. The number of anilines is 3. The van der Waals surface area contributed by atoms with Crippen molar-refractivity contribution in [2.24, 2.45) is 0 Å². The lowest BCUT2D eigenvalue weighted by Crippen LogP contribution is -2.50. The Kier molecular flexibility index (Phi) is 11.0. The van der Waals surface area contributed by atoms with E-state index in [1.54, 1.807) is 29.0 Å². The largest absolute Gasteiger partial charge is 0.493 e. The fourth-order valence-corrected chi connectivity index (χ4v) is 7.85. The van der Waals surface area contributed by atoms with E-state index in [4.69, 9.17) is 23.7 Å². The van der Waals surface area contributed by atoms with Gasteiger partial charge >= 0.3 is 6.09 Å². The highest BCUT2D eigenvalue weighted by Gasteiger charge is 2.47. The number of nitrogens with one attached hydrogen (secondary N) is 1. The van der Waals surface area contributed by atoms with Crippen LogP contribution in [0.25, 0.3) is 0 Å². The van der Waals surface area contributed by atoms with Crippen molar-refractivity contribution in [1.29, 1.82) is 5.26 Å². The first-order valence-electron chi connectivity index (χ1n) is 18.6. The highest BCUT2D eigenvalue weighted by Crippen LogP contribution is 2.43. The number of nitriles is 1. The number of hydrogen-bond donors (Lipinski definition) is 1. The summed E-state index contributed by atoms with van der Waals surface area (Å²) in [4.78, 5) is 59.8. The molecule has 15 heteroatoms. The van der Waals surface area contributed by atoms with Crippen LogP contribution >= 0.6 is 0 Å². The lowest BCUT2D eigenvalue weighted by molar-refractivity contribution is -0.107. The molecule has 0 radical (unpaired) electrons. The Bertz CT molecular complexity index is 2170. The number of fused-ring (bicyclic) bond motifs is 4. The van der Waals surface area contributed by atoms with E-state index in [9.17, 15) is 24.4 Å². The third-order valence-electron chi connectivity index (χ3n) is 10.7. The van der Waals surface area contributed by atoms with Gasteiger partial charge < -0.3 is 43.7 Å². The fourth-order valence-electron chi connectivity index (χ4n) is 7.85. The first kappa shape index (κ1) is 38.6. The van der Waals surface area contributed by atoms with Crippen LogP contribution in [0.1, 0.15) is 45.5 Å². The zero-order valence-electron chi connectivity index (χ0n) is 32.1. The van der Waals surface area contributed by atoms with E-state index in [0.717, 1.165) is 22.4 Å². The Hall–Kier alpha value is -6.69. The number of methoxy groups -OCH3 is 2. The van der Waals surface area contributed by atoms with Crippen LogP contribution in [0.15, 0.2) is 72.8 Å². The Balaban J connectivity index is 1.10. The standard InChI is InChI=1S/C42H44N6O9/c1-25-13-29-22-45(24-49)32-17-38(36(53-4)15-30(32)40(50)46(29)20-25)55-11-6-12-56-39-18-33-31(16-37(39)54-5)41(51)47-21-26(2)14-34(47)35(19-43)48(33)42(52)57-23-27-7-9-28(44-3)10-8-27/h7-10,15-18,24,29,34-35,44H,1-2,6,11-14,20-23H2,3-5H3. The van der Waals surface area contributed by atoms with Gasteiger partial charge in [-0.15, -0.1) is 0 Å². The van der Waals surface area contributed by atoms with Crippen LogP contribution in [0, 0.1) is 11.3 Å². The van der Waals surface area contributed by atoms with Gasteiger partial charge in [0.25, 0.3) is 11.8 Å². The molecule has 15 nitrogen and oxygen atoms in total. The molecule has 7 rings (SSSR count). The maximum atomic E-state index is 14.0. The summed E-state index contributed by atoms with van der Waals surface area (Å²) in [5.74, 6) is 0.591. The highest BCUT2D eigenvalue weighted by atomic mass is 16.6. The summed E-state index contributed by atoms with van der Waals surface area (Å²) in [5, 5.41) is 13.5. The van der Waals surface area contributed by atoms with Gasteiger partial charge in [0.2, 0.25) is 6.41 Å². The second kappa shape index (κ2) is 16.2. The SMILES string of the molecule is C=C1CC2CN(C=O)c3cc(OCCCOc4cc5c(cc4OC)C(=O)N4CC(=C)CC4C(C#N)N5C(=O)OCc4ccc(NC)cc4)c(OC)cc3C(=O)N2C1. The Morgan fingerprint density at radius 1 is 0.877 bits per heavy atom. The predicted molar refractivity (Wildman–Crippen MR) is 210 cm³/mol. The highest BCUT2D eigenvalue weighted by molar-refractivity contribution is 6.07. The van der Waals surface area contributed by atoms with Crippen molar-refractivity contribution in [3.05, 3.63) is 89.5 Å². The second-order valence-electron chi connectivity index (χ2n) is 14.3. The fraction of sp³-hybridized carbons (Fsp3) is 0.357. The molecule has 4 amide bonds. The first-order chi connectivity index (χ1) is 27.6. The van der Waals surface area contributed by atoms with Crippen LogP contribution < -0.4 is 34.1 Å². The topological polar surface area (TPSA) is 163 Å². The molecule has 0 aliphatic carbocycles. The van der Waals surface area contributed by atoms with Gasteiger partial charge in [-0.05, 0) is 42.7 Å². The number of amides is 4. The summed E-state index contributed by atoms with van der Waals surface area (Å²) in [6, 6.07) is 14.0. The molecular formula is C42H44N6O9. The van der Waals surface area contributed by atoms with Crippen molar-refractivity contribution >= 4 is 41.4 Å². The van der Waals surface area contributed by atoms with E-state index in [0.29, 0.717) is 61.5 Å². The average Bonchev–Trinajstić information content (AvgIpc) is 3.75. The van der Waals surface area contributed by atoms with Gasteiger partial charge in [-0.1, -0.05) is 36.4 Å². The average molecular weight is 777 g/mol. The molecular weight excluding hydrogens is 732 g/mol. The van der Waals surface area contributed by atoms with Crippen LogP contribution in [-0.2, 0) is 16.1 Å². The van der Waals surface area contributed by atoms with E-state index in [2.05, 4.69) is 24.5 Å². The lowest BCUT2D eigenvalue weighted by Gasteiger charge is -2.30. The third-order valence-corrected chi connectivity index (χ3v) is 10.7. The van der Waals surface area contributed by atoms with Gasteiger partial charge in [0.15, 0.2) is 23.0 Å². The molecule has 4 aliphatic rings. The summed E-state index contributed by atoms with van der Waals surface area (Å²) in [5.41, 5.74) is 4.43. The maximum absolute atomic E-state index is 14.0. The van der Waals surface area contributed by atoms with Crippen LogP contribution in [0.4, 0.5) is 21.9 Å². The third kappa shape index (κ3) is 7.38. The van der Waals surface area contributed by atoms with Gasteiger partial charge in [0.1, 0.15) is 12.6 Å². The monoisotopic (exact) mass is 776 g/mol. The Morgan fingerprint density at radius 2 is 1.47 bits per heavy atom. The quantitative estimate of drug-likeness (QED) is 0.147. The normalized spacial score (nSPS) is 19.7. The molecule has 4 heterocycles. The molecule has 0 saturated carbocycles. The summed E-state index contributed by atoms with van der Waals surface area (Å²) in [6.07, 6.45) is 1.25. The molecule has 3 unspecified atom stereocenters. The van der Waals surface area contributed by atoms with Crippen LogP contribution in [0.5, 0.6) is 23.0 Å². The van der Waals surface area contributed by atoms with Crippen LogP contribution in [0.2, 0.25) is 0 Å². The van der Waals surface area contributed by atoms with Gasteiger partial charge in [-0.3, -0.25) is 19.3 Å². The van der Waals surface area contributed by atoms with Crippen molar-refractivity contribution in [2.45, 2.75) is 44.0 Å². The van der Waals surface area contributed by atoms with Gasteiger partial charge in [0.05, 0.1) is 68.1 Å². The molecule has 0 spiro atoms. The molecule has 4 aliphatic heterocycles. The zero-order valence-corrected chi connectivity index (χ0v) is 32.1. The number of carbonyl (C=O) groups excluding carboxylic acids is 4. The maximum Gasteiger partial charge on any atom is 0.415 e. The van der Waals surface area contributed by atoms with Crippen molar-refractivity contribution in [3.63, 3.8) is 0 Å². The Morgan fingerprint density at radius 3 is 2.09 bits per heavy atom. The van der Waals surface area contributed by atoms with Crippen molar-refractivity contribution in [1.82, 2.24) is 9.80 Å². The molecule has 2 fully saturated rings. The smallest absolute Gasteiger partial charge is 0.415 e. The number of rotatable bonds is 12. The number of nitrogens with zero attached hydrogens (tertiary/aromatic N) is 5.